The second kappa shape index (κ2) is 12.8. The van der Waals surface area contributed by atoms with Gasteiger partial charge >= 0.3 is 0 Å². The van der Waals surface area contributed by atoms with Crippen LogP contribution >= 0.6 is 11.3 Å². The van der Waals surface area contributed by atoms with Crippen molar-refractivity contribution in [2.24, 2.45) is 23.7 Å². The Morgan fingerprint density at radius 3 is 2.12 bits per heavy atom. The van der Waals surface area contributed by atoms with Gasteiger partial charge in [0.1, 0.15) is 5.75 Å². The fraction of sp³-hybridized carbons (Fsp3) is 0.333. The molecule has 262 valence electrons. The van der Waals surface area contributed by atoms with Gasteiger partial charge in [-0.2, -0.15) is 0 Å². The number of aliphatic hydroxyl groups is 1. The number of aromatic hydroxyl groups is 1. The second-order valence-electron chi connectivity index (χ2n) is 15.3. The fourth-order valence-corrected chi connectivity index (χ4v) is 14.5. The molecule has 5 aromatic rings. The molecule has 3 fully saturated rings. The Morgan fingerprint density at radius 1 is 0.843 bits per heavy atom. The number of carbonyl (C=O) groups excluding carboxylic acids is 2. The molecule has 2 N–H and O–H groups in total. The van der Waals surface area contributed by atoms with E-state index in [2.05, 4.69) is 45.0 Å². The lowest BCUT2D eigenvalue weighted by Crippen LogP contribution is -2.67. The van der Waals surface area contributed by atoms with E-state index in [-0.39, 0.29) is 42.2 Å². The third kappa shape index (κ3) is 5.49. The van der Waals surface area contributed by atoms with Crippen molar-refractivity contribution in [1.82, 2.24) is 4.90 Å². The molecule has 0 spiro atoms. The van der Waals surface area contributed by atoms with E-state index in [9.17, 15) is 19.8 Å². The van der Waals surface area contributed by atoms with Crippen LogP contribution in [0.2, 0.25) is 5.04 Å². The second-order valence-corrected chi connectivity index (χ2v) is 20.6. The van der Waals surface area contributed by atoms with E-state index in [1.165, 1.54) is 16.2 Å². The Hall–Kier alpha value is -4.12. The summed E-state index contributed by atoms with van der Waals surface area (Å²) in [6.45, 7) is 7.02. The summed E-state index contributed by atoms with van der Waals surface area (Å²) in [5.74, 6) is -4.51. The molecule has 3 aliphatic rings. The van der Waals surface area contributed by atoms with E-state index in [4.69, 9.17) is 9.16 Å². The number of phenolic OH excluding ortho intramolecular Hbond substituents is 1. The summed E-state index contributed by atoms with van der Waals surface area (Å²) in [6.07, 6.45) is 0.0622. The summed E-state index contributed by atoms with van der Waals surface area (Å²) in [5, 5.41) is 29.0. The first-order chi connectivity index (χ1) is 24.5. The minimum atomic E-state index is -3.01. The average molecular weight is 718 g/mol. The van der Waals surface area contributed by atoms with Crippen LogP contribution < -0.4 is 10.4 Å². The number of thiophene rings is 1. The lowest BCUT2D eigenvalue weighted by molar-refractivity contribution is -0.273. The Balaban J connectivity index is 1.21. The largest absolute Gasteiger partial charge is 0.507 e. The van der Waals surface area contributed by atoms with Gasteiger partial charge in [-0.3, -0.25) is 14.5 Å². The maximum Gasteiger partial charge on any atom is 0.261 e. The van der Waals surface area contributed by atoms with Crippen LogP contribution in [0.3, 0.4) is 0 Å². The number of amides is 2. The van der Waals surface area contributed by atoms with Crippen molar-refractivity contribution in [2.75, 3.05) is 6.61 Å². The van der Waals surface area contributed by atoms with E-state index >= 15 is 0 Å². The number of fused-ring (bicyclic) bond motifs is 4. The molecule has 51 heavy (non-hydrogen) atoms. The monoisotopic (exact) mass is 717 g/mol. The highest BCUT2D eigenvalue weighted by Gasteiger charge is 2.67. The first kappa shape index (κ1) is 34.0. The zero-order valence-electron chi connectivity index (χ0n) is 29.1. The van der Waals surface area contributed by atoms with Crippen molar-refractivity contribution in [2.45, 2.75) is 57.1 Å². The number of hydrogen-bond acceptors (Lipinski definition) is 7. The van der Waals surface area contributed by atoms with Crippen molar-refractivity contribution in [3.8, 4) is 5.75 Å². The average Bonchev–Trinajstić information content (AvgIpc) is 3.83. The van der Waals surface area contributed by atoms with Crippen LogP contribution in [0.15, 0.2) is 115 Å². The topological polar surface area (TPSA) is 96.3 Å². The van der Waals surface area contributed by atoms with E-state index in [1.54, 1.807) is 6.07 Å². The summed E-state index contributed by atoms with van der Waals surface area (Å²) < 4.78 is 14.2. The highest BCUT2D eigenvalue weighted by atomic mass is 32.1. The summed E-state index contributed by atoms with van der Waals surface area (Å²) in [7, 11) is -3.01. The minimum absolute atomic E-state index is 0.152. The summed E-state index contributed by atoms with van der Waals surface area (Å²) >= 11 is 1.52. The molecule has 0 unspecified atom stereocenters. The smallest absolute Gasteiger partial charge is 0.261 e. The van der Waals surface area contributed by atoms with Crippen molar-refractivity contribution < 1.29 is 29.0 Å². The Morgan fingerprint density at radius 2 is 1.49 bits per heavy atom. The number of phenols is 1. The zero-order valence-corrected chi connectivity index (χ0v) is 30.9. The van der Waals surface area contributed by atoms with Gasteiger partial charge < -0.3 is 19.4 Å². The van der Waals surface area contributed by atoms with E-state index < -0.39 is 43.9 Å². The molecule has 0 bridgehead atoms. The molecular weight excluding hydrogens is 675 g/mol. The van der Waals surface area contributed by atoms with Crippen molar-refractivity contribution in [1.29, 1.82) is 0 Å². The quantitative estimate of drug-likeness (QED) is 0.136. The molecule has 9 heteroatoms. The van der Waals surface area contributed by atoms with Gasteiger partial charge in [-0.15, -0.1) is 11.3 Å². The highest BCUT2D eigenvalue weighted by molar-refractivity contribution is 7.09. The number of rotatable bonds is 8. The third-order valence-electron chi connectivity index (χ3n) is 11.5. The SMILES string of the molecule is CC(C)(C)[Si](OC[C@H]1C[C@@H]2C(=O)N(Cc3cccs3)C(=O)[C@@H]2[C@@H]2C[C@@H](c3ccc(O)c4ccccc34)O[C@]12O)(c1ccccc1)c1ccccc1. The number of carbonyl (C=O) groups is 2. The first-order valence-electron chi connectivity index (χ1n) is 17.8. The van der Waals surface area contributed by atoms with Crippen molar-refractivity contribution in [3.05, 3.63) is 125 Å². The number of nitrogens with zero attached hydrogens (tertiary/aromatic N) is 1. The van der Waals surface area contributed by atoms with Crippen LogP contribution in [0.4, 0.5) is 0 Å². The van der Waals surface area contributed by atoms with Crippen LogP contribution in [0.1, 0.15) is 50.2 Å². The maximum absolute atomic E-state index is 14.3. The molecule has 4 aromatic carbocycles. The van der Waals surface area contributed by atoms with E-state index in [1.807, 2.05) is 84.2 Å². The molecule has 1 aliphatic carbocycles. The summed E-state index contributed by atoms with van der Waals surface area (Å²) in [4.78, 5) is 30.8. The number of ether oxygens (including phenoxy) is 1. The molecule has 7 nitrogen and oxygen atoms in total. The minimum Gasteiger partial charge on any atom is -0.507 e. The summed E-state index contributed by atoms with van der Waals surface area (Å²) in [6, 6.07) is 35.7. The normalized spacial score (nSPS) is 26.4. The Kier molecular flexibility index (Phi) is 8.55. The van der Waals surface area contributed by atoms with Gasteiger partial charge in [-0.05, 0) is 56.7 Å². The predicted molar refractivity (Wildman–Crippen MR) is 201 cm³/mol. The van der Waals surface area contributed by atoms with Gasteiger partial charge in [0, 0.05) is 28.7 Å². The molecule has 3 heterocycles. The van der Waals surface area contributed by atoms with Gasteiger partial charge in [0.15, 0.2) is 5.79 Å². The molecular formula is C42H43NO6SSi. The van der Waals surface area contributed by atoms with Gasteiger partial charge in [0.25, 0.3) is 8.32 Å². The van der Waals surface area contributed by atoms with Gasteiger partial charge in [-0.1, -0.05) is 118 Å². The van der Waals surface area contributed by atoms with Crippen LogP contribution in [0, 0.1) is 23.7 Å². The maximum atomic E-state index is 14.3. The number of imide groups is 1. The number of benzene rings is 4. The van der Waals surface area contributed by atoms with Crippen LogP contribution in [-0.2, 0) is 25.3 Å². The lowest BCUT2D eigenvalue weighted by atomic mass is 9.64. The van der Waals surface area contributed by atoms with Gasteiger partial charge in [0.05, 0.1) is 24.5 Å². The highest BCUT2D eigenvalue weighted by Crippen LogP contribution is 2.59. The lowest BCUT2D eigenvalue weighted by Gasteiger charge is -2.48. The Bertz CT molecular complexity index is 2030. The molecule has 2 amide bonds. The number of likely N-dealkylation sites (tertiary alicyclic amines) is 1. The third-order valence-corrected chi connectivity index (χ3v) is 17.4. The molecule has 6 atom stereocenters. The molecule has 2 aliphatic heterocycles. The van der Waals surface area contributed by atoms with Crippen LogP contribution in [0.5, 0.6) is 5.75 Å². The van der Waals surface area contributed by atoms with Crippen LogP contribution in [-0.4, -0.2) is 47.6 Å². The van der Waals surface area contributed by atoms with E-state index in [0.717, 1.165) is 26.2 Å². The molecule has 1 aromatic heterocycles. The Labute approximate surface area is 303 Å². The van der Waals surface area contributed by atoms with Crippen molar-refractivity contribution in [3.63, 3.8) is 0 Å². The molecule has 0 radical (unpaired) electrons. The van der Waals surface area contributed by atoms with E-state index in [0.29, 0.717) is 11.8 Å². The standard InChI is InChI=1S/C42H43NO6SSi/c1-41(2,3)51(29-14-6-4-7-15-29,30-16-8-5-9-17-30)48-26-27-23-34-38(40(46)43(39(34)45)25-28-13-12-22-50-28)35-24-37(49-42(27,35)47)33-20-21-36(44)32-19-11-10-18-31(32)33/h4-22,27,34-35,37-38,44,47H,23-26H2,1-3H3/t27-,34+,35+,37+,38+,42-/m1/s1. The molecule has 2 saturated heterocycles. The first-order valence-corrected chi connectivity index (χ1v) is 20.5. The van der Waals surface area contributed by atoms with Gasteiger partial charge in [0.2, 0.25) is 11.8 Å². The molecule has 8 rings (SSSR count). The number of hydrogen-bond donors (Lipinski definition) is 2. The molecule has 1 saturated carbocycles. The summed E-state index contributed by atoms with van der Waals surface area (Å²) in [5.41, 5.74) is 0.835. The predicted octanol–water partition coefficient (Wildman–Crippen LogP) is 6.77. The zero-order chi connectivity index (χ0) is 35.5. The van der Waals surface area contributed by atoms with Gasteiger partial charge in [-0.25, -0.2) is 0 Å². The van der Waals surface area contributed by atoms with Crippen molar-refractivity contribution >= 4 is 52.6 Å². The fourth-order valence-electron chi connectivity index (χ4n) is 9.22. The van der Waals surface area contributed by atoms with Crippen LogP contribution in [0.25, 0.3) is 10.8 Å².